The number of carbonyl (C=O) groups excluding carboxylic acids is 2. The van der Waals surface area contributed by atoms with E-state index in [-0.39, 0.29) is 18.5 Å². The average Bonchev–Trinajstić information content (AvgIpc) is 3.25. The van der Waals surface area contributed by atoms with Gasteiger partial charge in [0.2, 0.25) is 0 Å². The number of nitrogens with one attached hydrogen (secondary N) is 1. The lowest BCUT2D eigenvalue weighted by molar-refractivity contribution is 0.0526. The Morgan fingerprint density at radius 1 is 1.14 bits per heavy atom. The first-order valence-corrected chi connectivity index (χ1v) is 13.5. The lowest BCUT2D eigenvalue weighted by Gasteiger charge is -2.20. The third kappa shape index (κ3) is 4.63. The van der Waals surface area contributed by atoms with Gasteiger partial charge in [-0.15, -0.1) is 11.3 Å². The number of aromatic nitrogens is 1. The minimum absolute atomic E-state index is 0.282. The predicted octanol–water partition coefficient (Wildman–Crippen LogP) is 7.56. The summed E-state index contributed by atoms with van der Waals surface area (Å²) in [5, 5.41) is 4.91. The second-order valence-electron chi connectivity index (χ2n) is 8.95. The molecule has 0 fully saturated rings. The van der Waals surface area contributed by atoms with Crippen LogP contribution in [0, 0.1) is 5.92 Å². The van der Waals surface area contributed by atoms with E-state index < -0.39 is 0 Å². The van der Waals surface area contributed by atoms with E-state index in [1.165, 1.54) is 16.2 Å². The van der Waals surface area contributed by atoms with Gasteiger partial charge < -0.3 is 10.1 Å². The van der Waals surface area contributed by atoms with E-state index >= 15 is 0 Å². The third-order valence-electron chi connectivity index (χ3n) is 6.76. The lowest BCUT2D eigenvalue weighted by Crippen LogP contribution is -2.17. The molecule has 1 aliphatic rings. The summed E-state index contributed by atoms with van der Waals surface area (Å²) in [4.78, 5) is 32.6. The Bertz CT molecular complexity index is 1460. The first-order chi connectivity index (χ1) is 17.5. The number of thiophene rings is 1. The van der Waals surface area contributed by atoms with E-state index in [0.29, 0.717) is 38.3 Å². The molecule has 4 aromatic rings. The number of rotatable bonds is 6. The Labute approximate surface area is 219 Å². The van der Waals surface area contributed by atoms with Gasteiger partial charge in [-0.2, -0.15) is 0 Å². The molecule has 0 unspecified atom stereocenters. The van der Waals surface area contributed by atoms with E-state index in [0.717, 1.165) is 42.2 Å². The van der Waals surface area contributed by atoms with E-state index in [1.54, 1.807) is 19.1 Å². The highest BCUT2D eigenvalue weighted by Gasteiger charge is 2.30. The number of anilines is 1. The zero-order chi connectivity index (χ0) is 25.2. The summed E-state index contributed by atoms with van der Waals surface area (Å²) >= 11 is 7.95. The largest absolute Gasteiger partial charge is 0.462 e. The summed E-state index contributed by atoms with van der Waals surface area (Å²) in [6.07, 6.45) is 3.88. The van der Waals surface area contributed by atoms with Gasteiger partial charge >= 0.3 is 5.97 Å². The zero-order valence-corrected chi connectivity index (χ0v) is 21.8. The molecule has 0 spiro atoms. The van der Waals surface area contributed by atoms with Crippen LogP contribution in [0.5, 0.6) is 0 Å². The molecule has 5 rings (SSSR count). The van der Waals surface area contributed by atoms with Crippen LogP contribution in [0.3, 0.4) is 0 Å². The van der Waals surface area contributed by atoms with E-state index in [9.17, 15) is 9.59 Å². The van der Waals surface area contributed by atoms with Crippen LogP contribution in [0.4, 0.5) is 5.00 Å². The first-order valence-electron chi connectivity index (χ1n) is 12.3. The van der Waals surface area contributed by atoms with Crippen LogP contribution in [-0.4, -0.2) is 23.5 Å². The molecule has 1 atom stereocenters. The Morgan fingerprint density at radius 3 is 2.69 bits per heavy atom. The second kappa shape index (κ2) is 10.4. The van der Waals surface area contributed by atoms with Crippen molar-refractivity contribution >= 4 is 50.7 Å². The normalized spacial score (nSPS) is 14.9. The fourth-order valence-corrected chi connectivity index (χ4v) is 6.43. The molecule has 0 bridgehead atoms. The quantitative estimate of drug-likeness (QED) is 0.267. The number of pyridine rings is 1. The second-order valence-corrected chi connectivity index (χ2v) is 10.5. The molecule has 2 heterocycles. The Morgan fingerprint density at radius 2 is 1.92 bits per heavy atom. The van der Waals surface area contributed by atoms with Crippen LogP contribution in [-0.2, 0) is 17.6 Å². The molecule has 0 saturated carbocycles. The number of benzene rings is 2. The summed E-state index contributed by atoms with van der Waals surface area (Å²) in [5.74, 6) is -0.0771. The molecule has 5 nitrogen and oxygen atoms in total. The van der Waals surface area contributed by atoms with Crippen LogP contribution in [0.25, 0.3) is 22.2 Å². The Hall–Kier alpha value is -3.22. The molecule has 184 valence electrons. The summed E-state index contributed by atoms with van der Waals surface area (Å²) in [6, 6.07) is 16.7. The van der Waals surface area contributed by atoms with Crippen LogP contribution in [0.15, 0.2) is 54.6 Å². The average molecular weight is 519 g/mol. The van der Waals surface area contributed by atoms with Crippen LogP contribution >= 0.6 is 22.9 Å². The van der Waals surface area contributed by atoms with Crippen molar-refractivity contribution in [3.05, 3.63) is 81.2 Å². The molecule has 0 aliphatic heterocycles. The highest BCUT2D eigenvalue weighted by Crippen LogP contribution is 2.41. The number of hydrogen-bond acceptors (Lipinski definition) is 5. The fourth-order valence-electron chi connectivity index (χ4n) is 4.85. The Kier molecular flexibility index (Phi) is 7.08. The fraction of sp³-hybridized carbons (Fsp3) is 0.276. The van der Waals surface area contributed by atoms with Gasteiger partial charge in [0, 0.05) is 20.8 Å². The van der Waals surface area contributed by atoms with Gasteiger partial charge in [0.25, 0.3) is 5.91 Å². The van der Waals surface area contributed by atoms with Crippen molar-refractivity contribution in [3.63, 3.8) is 0 Å². The minimum Gasteiger partial charge on any atom is -0.462 e. The SMILES string of the molecule is CCOC(=O)c1c(NC(=O)c2cc(-c3ccccc3Cl)nc3ccccc23)sc2c1CC[C@H](CC)C2. The van der Waals surface area contributed by atoms with Crippen LogP contribution in [0.2, 0.25) is 5.02 Å². The molecule has 36 heavy (non-hydrogen) atoms. The number of nitrogens with zero attached hydrogens (tertiary/aromatic N) is 1. The molecule has 1 aliphatic carbocycles. The topological polar surface area (TPSA) is 68.3 Å². The van der Waals surface area contributed by atoms with Crippen molar-refractivity contribution in [2.75, 3.05) is 11.9 Å². The summed E-state index contributed by atoms with van der Waals surface area (Å²) in [7, 11) is 0. The molecule has 1 N–H and O–H groups in total. The monoisotopic (exact) mass is 518 g/mol. The third-order valence-corrected chi connectivity index (χ3v) is 8.26. The molecule has 2 aromatic carbocycles. The van der Waals surface area contributed by atoms with E-state index in [2.05, 4.69) is 12.2 Å². The van der Waals surface area contributed by atoms with Crippen molar-refractivity contribution in [2.24, 2.45) is 5.92 Å². The van der Waals surface area contributed by atoms with Gasteiger partial charge in [0.1, 0.15) is 5.00 Å². The molecule has 0 radical (unpaired) electrons. The predicted molar refractivity (Wildman–Crippen MR) is 146 cm³/mol. The minimum atomic E-state index is -0.378. The smallest absolute Gasteiger partial charge is 0.341 e. The standard InChI is InChI=1S/C29H27ClN2O3S/c1-3-17-13-14-20-25(15-17)36-28(26(20)29(34)35-4-2)32-27(33)21-16-24(19-10-5-7-11-22(19)30)31-23-12-8-6-9-18(21)23/h5-12,16-17H,3-4,13-15H2,1-2H3,(H,32,33)/t17-/m0/s1. The van der Waals surface area contributed by atoms with Crippen molar-refractivity contribution in [3.8, 4) is 11.3 Å². The van der Waals surface area contributed by atoms with E-state index in [1.807, 2.05) is 42.5 Å². The van der Waals surface area contributed by atoms with Gasteiger partial charge in [-0.1, -0.05) is 61.3 Å². The molecular formula is C29H27ClN2O3S. The number of amides is 1. The zero-order valence-electron chi connectivity index (χ0n) is 20.3. The maximum Gasteiger partial charge on any atom is 0.341 e. The molecule has 2 aromatic heterocycles. The summed E-state index contributed by atoms with van der Waals surface area (Å²) in [5.41, 5.74) is 4.07. The maximum atomic E-state index is 13.7. The highest BCUT2D eigenvalue weighted by molar-refractivity contribution is 7.17. The van der Waals surface area contributed by atoms with Gasteiger partial charge in [-0.05, 0) is 55.9 Å². The molecular weight excluding hydrogens is 492 g/mol. The number of para-hydroxylation sites is 1. The van der Waals surface area contributed by atoms with Crippen molar-refractivity contribution in [1.29, 1.82) is 0 Å². The van der Waals surface area contributed by atoms with Gasteiger partial charge in [-0.3, -0.25) is 4.79 Å². The van der Waals surface area contributed by atoms with Crippen LogP contribution in [0.1, 0.15) is 57.8 Å². The van der Waals surface area contributed by atoms with E-state index in [4.69, 9.17) is 21.3 Å². The maximum absolute atomic E-state index is 13.7. The van der Waals surface area contributed by atoms with Crippen molar-refractivity contribution in [2.45, 2.75) is 39.5 Å². The molecule has 1 amide bonds. The molecule has 7 heteroatoms. The lowest BCUT2D eigenvalue weighted by atomic mass is 9.85. The van der Waals surface area contributed by atoms with Crippen LogP contribution < -0.4 is 5.32 Å². The van der Waals surface area contributed by atoms with Crippen molar-refractivity contribution in [1.82, 2.24) is 4.98 Å². The number of hydrogen-bond donors (Lipinski definition) is 1. The van der Waals surface area contributed by atoms with Gasteiger partial charge in [0.15, 0.2) is 0 Å². The number of fused-ring (bicyclic) bond motifs is 2. The highest BCUT2D eigenvalue weighted by atomic mass is 35.5. The first kappa shape index (κ1) is 24.5. The van der Waals surface area contributed by atoms with Crippen molar-refractivity contribution < 1.29 is 14.3 Å². The van der Waals surface area contributed by atoms with Gasteiger partial charge in [-0.25, -0.2) is 9.78 Å². The Balaban J connectivity index is 1.58. The number of esters is 1. The number of ether oxygens (including phenoxy) is 1. The van der Waals surface area contributed by atoms with Gasteiger partial charge in [0.05, 0.1) is 28.9 Å². The summed E-state index contributed by atoms with van der Waals surface area (Å²) in [6.45, 7) is 4.27. The number of halogens is 1. The molecule has 0 saturated heterocycles. The summed E-state index contributed by atoms with van der Waals surface area (Å²) < 4.78 is 5.39. The number of carbonyl (C=O) groups is 2.